The van der Waals surface area contributed by atoms with Crippen LogP contribution in [0.25, 0.3) is 0 Å². The summed E-state index contributed by atoms with van der Waals surface area (Å²) < 4.78 is 18.1. The molecule has 0 bridgehead atoms. The lowest BCUT2D eigenvalue weighted by atomic mass is 9.80. The largest absolute Gasteiger partial charge is 0.497 e. The molecule has 1 saturated heterocycles. The fourth-order valence-corrected chi connectivity index (χ4v) is 7.05. The number of carbonyl (C=O) groups excluding carboxylic acids is 3. The van der Waals surface area contributed by atoms with Crippen molar-refractivity contribution in [2.45, 2.75) is 101 Å². The summed E-state index contributed by atoms with van der Waals surface area (Å²) in [6, 6.07) is 24.1. The number of amides is 2. The van der Waals surface area contributed by atoms with Crippen LogP contribution >= 0.6 is 0 Å². The van der Waals surface area contributed by atoms with E-state index in [0.29, 0.717) is 75.7 Å². The van der Waals surface area contributed by atoms with Gasteiger partial charge in [0, 0.05) is 38.6 Å². The number of terminal acetylenes is 2. The number of nitrogens with zero attached hydrogens (tertiary/aromatic N) is 1. The Morgan fingerprint density at radius 3 is 1.93 bits per heavy atom. The van der Waals surface area contributed by atoms with Gasteiger partial charge in [0.05, 0.1) is 33.0 Å². The van der Waals surface area contributed by atoms with Gasteiger partial charge < -0.3 is 29.5 Å². The molecule has 9 heteroatoms. The Bertz CT molecular complexity index is 1660. The number of aliphatic hydroxyl groups is 1. The maximum atomic E-state index is 14.4. The highest BCUT2D eigenvalue weighted by atomic mass is 16.5. The van der Waals surface area contributed by atoms with Crippen molar-refractivity contribution >= 4 is 17.6 Å². The number of carbonyl (C=O) groups is 3. The van der Waals surface area contributed by atoms with E-state index < -0.39 is 23.8 Å². The van der Waals surface area contributed by atoms with E-state index in [1.54, 1.807) is 19.1 Å². The van der Waals surface area contributed by atoms with E-state index >= 15 is 0 Å². The van der Waals surface area contributed by atoms with E-state index in [2.05, 4.69) is 17.2 Å². The third-order valence-corrected chi connectivity index (χ3v) is 9.92. The minimum atomic E-state index is -1.11. The van der Waals surface area contributed by atoms with Crippen LogP contribution in [0.2, 0.25) is 0 Å². The lowest BCUT2D eigenvalue weighted by Gasteiger charge is -2.38. The molecule has 0 saturated carbocycles. The summed E-state index contributed by atoms with van der Waals surface area (Å²) in [7, 11) is 3.24. The standard InChI is InChI=1S/C45H54N2O7/c1-5-7-11-19-38(48)20-15-10-16-21-42(46-43(50)22-12-8-6-2)44(51)47-32-39(49)31-37(47)33-54-45(34-17-13-9-14-18-34,35-23-27-40(52-3)28-24-35)36-25-29-41(53-4)30-26-36/h1-2,9,13-14,17-18,23-30,37,39,42,49H,7-8,10-12,15-16,19-22,31-33H2,3-4H3,(H,46,50)/t37-,39+,42-/m0/s1. The first-order valence-electron chi connectivity index (χ1n) is 18.9. The average Bonchev–Trinajstić information content (AvgIpc) is 3.58. The normalized spacial score (nSPS) is 15.8. The molecule has 54 heavy (non-hydrogen) atoms. The zero-order valence-corrected chi connectivity index (χ0v) is 31.6. The van der Waals surface area contributed by atoms with Crippen molar-refractivity contribution in [3.8, 4) is 36.2 Å². The van der Waals surface area contributed by atoms with Crippen molar-refractivity contribution in [2.75, 3.05) is 27.4 Å². The topological polar surface area (TPSA) is 114 Å². The van der Waals surface area contributed by atoms with Gasteiger partial charge in [0.2, 0.25) is 11.8 Å². The SMILES string of the molecule is C#CCCCC(=O)CCCCC[C@H](NC(=O)CCCC#C)C(=O)N1C[C@H](O)C[C@H]1COC(c1ccccc1)(c1ccc(OC)cc1)c1ccc(OC)cc1. The van der Waals surface area contributed by atoms with Crippen molar-refractivity contribution in [3.63, 3.8) is 0 Å². The van der Waals surface area contributed by atoms with E-state index in [-0.39, 0.29) is 37.2 Å². The number of hydrogen-bond donors (Lipinski definition) is 2. The summed E-state index contributed by atoms with van der Waals surface area (Å²) in [5.74, 6) is 6.18. The molecular formula is C45H54N2O7. The monoisotopic (exact) mass is 734 g/mol. The fourth-order valence-electron chi connectivity index (χ4n) is 7.05. The highest BCUT2D eigenvalue weighted by Crippen LogP contribution is 2.42. The van der Waals surface area contributed by atoms with Crippen molar-refractivity contribution < 1.29 is 33.7 Å². The number of likely N-dealkylation sites (tertiary alicyclic amines) is 1. The summed E-state index contributed by atoms with van der Waals surface area (Å²) in [6.45, 7) is 0.215. The number of nitrogens with one attached hydrogen (secondary N) is 1. The number of hydrogen-bond acceptors (Lipinski definition) is 7. The Balaban J connectivity index is 1.59. The highest BCUT2D eigenvalue weighted by molar-refractivity contribution is 5.88. The van der Waals surface area contributed by atoms with E-state index in [0.717, 1.165) is 23.1 Å². The van der Waals surface area contributed by atoms with E-state index in [1.807, 2.05) is 78.9 Å². The van der Waals surface area contributed by atoms with Crippen molar-refractivity contribution in [3.05, 3.63) is 95.6 Å². The van der Waals surface area contributed by atoms with Crippen LogP contribution in [0.4, 0.5) is 0 Å². The van der Waals surface area contributed by atoms with Crippen LogP contribution in [0, 0.1) is 24.7 Å². The van der Waals surface area contributed by atoms with Crippen LogP contribution in [-0.4, -0.2) is 73.2 Å². The molecule has 4 rings (SSSR count). The summed E-state index contributed by atoms with van der Waals surface area (Å²) in [6.07, 6.45) is 16.1. The first kappa shape index (κ1) is 41.7. The van der Waals surface area contributed by atoms with Crippen LogP contribution < -0.4 is 14.8 Å². The molecule has 9 nitrogen and oxygen atoms in total. The zero-order chi connectivity index (χ0) is 38.8. The van der Waals surface area contributed by atoms with Crippen LogP contribution in [0.5, 0.6) is 11.5 Å². The number of ketones is 1. The van der Waals surface area contributed by atoms with Gasteiger partial charge in [-0.05, 0) is 73.1 Å². The molecule has 3 aromatic rings. The Morgan fingerprint density at radius 2 is 1.35 bits per heavy atom. The van der Waals surface area contributed by atoms with Crippen LogP contribution in [0.3, 0.4) is 0 Å². The van der Waals surface area contributed by atoms with Crippen molar-refractivity contribution in [2.24, 2.45) is 0 Å². The number of aliphatic hydroxyl groups excluding tert-OH is 1. The smallest absolute Gasteiger partial charge is 0.245 e. The quantitative estimate of drug-likeness (QED) is 0.0681. The van der Waals surface area contributed by atoms with Crippen LogP contribution in [0.1, 0.15) is 93.7 Å². The summed E-state index contributed by atoms with van der Waals surface area (Å²) in [5, 5.41) is 13.9. The van der Waals surface area contributed by atoms with Gasteiger partial charge in [-0.25, -0.2) is 0 Å². The lowest BCUT2D eigenvalue weighted by molar-refractivity contribution is -0.139. The van der Waals surface area contributed by atoms with Gasteiger partial charge in [-0.15, -0.1) is 24.7 Å². The third kappa shape index (κ3) is 11.5. The van der Waals surface area contributed by atoms with Gasteiger partial charge in [-0.2, -0.15) is 0 Å². The maximum Gasteiger partial charge on any atom is 0.245 e. The van der Waals surface area contributed by atoms with Crippen LogP contribution in [-0.2, 0) is 24.7 Å². The van der Waals surface area contributed by atoms with Gasteiger partial charge >= 0.3 is 0 Å². The maximum absolute atomic E-state index is 14.4. The number of methoxy groups -OCH3 is 2. The number of β-amino-alcohol motifs (C(OH)–C–C–N with tert-alkyl or cyclic N) is 1. The second kappa shape index (κ2) is 21.6. The predicted molar refractivity (Wildman–Crippen MR) is 210 cm³/mol. The van der Waals surface area contributed by atoms with Crippen LogP contribution in [0.15, 0.2) is 78.9 Å². The van der Waals surface area contributed by atoms with E-state index in [1.165, 1.54) is 0 Å². The average molecular weight is 735 g/mol. The molecule has 2 N–H and O–H groups in total. The summed E-state index contributed by atoms with van der Waals surface area (Å²) in [4.78, 5) is 41.3. The number of Topliss-reactive ketones (excluding diaryl/α,β-unsaturated/α-hetero) is 1. The molecule has 0 radical (unpaired) electrons. The zero-order valence-electron chi connectivity index (χ0n) is 31.6. The third-order valence-electron chi connectivity index (χ3n) is 9.92. The Morgan fingerprint density at radius 1 is 0.796 bits per heavy atom. The van der Waals surface area contributed by atoms with Gasteiger partial charge in [-0.3, -0.25) is 14.4 Å². The molecular weight excluding hydrogens is 681 g/mol. The number of ether oxygens (including phenoxy) is 3. The molecule has 0 aromatic heterocycles. The molecule has 286 valence electrons. The van der Waals surface area contributed by atoms with Gasteiger partial charge in [-0.1, -0.05) is 67.4 Å². The molecule has 1 aliphatic heterocycles. The highest BCUT2D eigenvalue weighted by Gasteiger charge is 2.42. The first-order valence-corrected chi connectivity index (χ1v) is 18.9. The second-order valence-electron chi connectivity index (χ2n) is 13.7. The van der Waals surface area contributed by atoms with Gasteiger partial charge in [0.15, 0.2) is 0 Å². The molecule has 0 aliphatic carbocycles. The fraction of sp³-hybridized carbons (Fsp3) is 0.444. The molecule has 1 heterocycles. The second-order valence-corrected chi connectivity index (χ2v) is 13.7. The molecule has 0 spiro atoms. The van der Waals surface area contributed by atoms with E-state index in [4.69, 9.17) is 27.1 Å². The molecule has 0 unspecified atom stereocenters. The number of benzene rings is 3. The predicted octanol–water partition coefficient (Wildman–Crippen LogP) is 6.59. The van der Waals surface area contributed by atoms with Gasteiger partial charge in [0.1, 0.15) is 28.9 Å². The molecule has 3 atom stereocenters. The minimum absolute atomic E-state index is 0.0976. The molecule has 1 fully saturated rings. The first-order chi connectivity index (χ1) is 26.2. The number of rotatable bonds is 22. The summed E-state index contributed by atoms with van der Waals surface area (Å²) in [5.41, 5.74) is 1.47. The van der Waals surface area contributed by atoms with Crippen molar-refractivity contribution in [1.82, 2.24) is 10.2 Å². The summed E-state index contributed by atoms with van der Waals surface area (Å²) >= 11 is 0. The Kier molecular flexibility index (Phi) is 16.6. The Hall–Kier alpha value is -5.09. The Labute approximate surface area is 320 Å². The van der Waals surface area contributed by atoms with E-state index in [9.17, 15) is 19.5 Å². The minimum Gasteiger partial charge on any atom is -0.497 e. The number of unbranched alkanes of at least 4 members (excludes halogenated alkanes) is 4. The van der Waals surface area contributed by atoms with Gasteiger partial charge in [0.25, 0.3) is 0 Å². The molecule has 3 aromatic carbocycles. The van der Waals surface area contributed by atoms with Crippen molar-refractivity contribution in [1.29, 1.82) is 0 Å². The lowest BCUT2D eigenvalue weighted by Crippen LogP contribution is -2.51. The molecule has 1 aliphatic rings. The molecule has 2 amide bonds.